The summed E-state index contributed by atoms with van der Waals surface area (Å²) in [4.78, 5) is 16.6. The van der Waals surface area contributed by atoms with Gasteiger partial charge in [0.1, 0.15) is 11.5 Å². The molecule has 0 aliphatic carbocycles. The number of oxazole rings is 1. The van der Waals surface area contributed by atoms with E-state index in [9.17, 15) is 9.00 Å². The zero-order chi connectivity index (χ0) is 23.1. The number of hydrogen-bond donors (Lipinski definition) is 1. The number of amides is 1. The number of benzene rings is 2. The minimum atomic E-state index is -1.41. The first kappa shape index (κ1) is 23.8. The maximum absolute atomic E-state index is 12.5. The number of carbonyl (C=O) groups is 1. The second kappa shape index (κ2) is 11.2. The van der Waals surface area contributed by atoms with Crippen LogP contribution in [0, 0.1) is 6.92 Å². The predicted molar refractivity (Wildman–Crippen MR) is 125 cm³/mol. The Hall–Kier alpha value is -2.84. The van der Waals surface area contributed by atoms with Crippen molar-refractivity contribution in [1.29, 1.82) is 0 Å². The Balaban J connectivity index is 1.54. The zero-order valence-corrected chi connectivity index (χ0v) is 19.7. The van der Waals surface area contributed by atoms with Gasteiger partial charge < -0.3 is 19.2 Å². The summed E-state index contributed by atoms with van der Waals surface area (Å²) in [5.74, 6) is 1.88. The van der Waals surface area contributed by atoms with E-state index in [1.54, 1.807) is 33.3 Å². The van der Waals surface area contributed by atoms with Crippen molar-refractivity contribution in [3.63, 3.8) is 0 Å². The standard InChI is InChI=1S/C23H25ClN2O5S/c1-15-19(26-23(31-15)17-6-9-20(29-2)21(12-17)30-3)13-32(28)14-22(27)25-11-10-16-4-7-18(24)8-5-16/h4-9,12H,10-11,13-14H2,1-3H3,(H,25,27)/t32-/m0/s1. The molecule has 1 aromatic heterocycles. The third-order valence-electron chi connectivity index (χ3n) is 4.76. The Kier molecular flexibility index (Phi) is 8.30. The number of ether oxygens (including phenoxy) is 2. The molecular weight excluding hydrogens is 452 g/mol. The Morgan fingerprint density at radius 2 is 1.84 bits per heavy atom. The van der Waals surface area contributed by atoms with E-state index in [2.05, 4.69) is 10.3 Å². The van der Waals surface area contributed by atoms with Gasteiger partial charge in [-0.15, -0.1) is 0 Å². The summed E-state index contributed by atoms with van der Waals surface area (Å²) in [5.41, 5.74) is 2.33. The third kappa shape index (κ3) is 6.34. The molecule has 1 atom stereocenters. The van der Waals surface area contributed by atoms with Crippen LogP contribution in [0.15, 0.2) is 46.9 Å². The number of hydrogen-bond acceptors (Lipinski definition) is 6. The number of rotatable bonds is 10. The van der Waals surface area contributed by atoms with Crippen molar-refractivity contribution < 1.29 is 22.9 Å². The summed E-state index contributed by atoms with van der Waals surface area (Å²) in [6.07, 6.45) is 0.673. The zero-order valence-electron chi connectivity index (χ0n) is 18.1. The number of aromatic nitrogens is 1. The maximum atomic E-state index is 12.5. The average Bonchev–Trinajstić information content (AvgIpc) is 3.14. The molecule has 7 nitrogen and oxygen atoms in total. The monoisotopic (exact) mass is 476 g/mol. The van der Waals surface area contributed by atoms with Crippen LogP contribution in [0.3, 0.4) is 0 Å². The molecule has 9 heteroatoms. The SMILES string of the molecule is COc1ccc(-c2nc(C[S@](=O)CC(=O)NCCc3ccc(Cl)cc3)c(C)o2)cc1OC. The minimum absolute atomic E-state index is 0.0986. The van der Waals surface area contributed by atoms with Gasteiger partial charge in [-0.25, -0.2) is 4.98 Å². The molecular formula is C23H25ClN2O5S. The third-order valence-corrected chi connectivity index (χ3v) is 6.19. The summed E-state index contributed by atoms with van der Waals surface area (Å²) in [7, 11) is 1.70. The second-order valence-electron chi connectivity index (χ2n) is 7.05. The molecule has 1 heterocycles. The summed E-state index contributed by atoms with van der Waals surface area (Å²) in [6, 6.07) is 12.8. The van der Waals surface area contributed by atoms with Crippen LogP contribution in [-0.2, 0) is 27.8 Å². The summed E-state index contributed by atoms with van der Waals surface area (Å²) in [5, 5.41) is 3.47. The molecule has 0 radical (unpaired) electrons. The first-order valence-electron chi connectivity index (χ1n) is 9.94. The van der Waals surface area contributed by atoms with E-state index >= 15 is 0 Å². The van der Waals surface area contributed by atoms with Crippen LogP contribution in [0.4, 0.5) is 0 Å². The number of nitrogens with one attached hydrogen (secondary N) is 1. The normalized spacial score (nSPS) is 11.8. The van der Waals surface area contributed by atoms with Crippen molar-refractivity contribution >= 4 is 28.3 Å². The molecule has 0 fully saturated rings. The first-order chi connectivity index (χ1) is 15.4. The smallest absolute Gasteiger partial charge is 0.232 e. The van der Waals surface area contributed by atoms with Gasteiger partial charge in [0.15, 0.2) is 11.5 Å². The number of methoxy groups -OCH3 is 2. The molecule has 3 rings (SSSR count). The molecule has 0 unspecified atom stereocenters. The van der Waals surface area contributed by atoms with Crippen LogP contribution < -0.4 is 14.8 Å². The topological polar surface area (TPSA) is 90.7 Å². The largest absolute Gasteiger partial charge is 0.493 e. The fourth-order valence-electron chi connectivity index (χ4n) is 3.05. The lowest BCUT2D eigenvalue weighted by Crippen LogP contribution is -2.30. The van der Waals surface area contributed by atoms with Gasteiger partial charge in [0.2, 0.25) is 11.8 Å². The number of carbonyl (C=O) groups excluding carboxylic acids is 1. The van der Waals surface area contributed by atoms with Gasteiger partial charge in [-0.05, 0) is 49.2 Å². The highest BCUT2D eigenvalue weighted by molar-refractivity contribution is 7.84. The molecule has 0 saturated heterocycles. The van der Waals surface area contributed by atoms with Crippen LogP contribution >= 0.6 is 11.6 Å². The lowest BCUT2D eigenvalue weighted by atomic mass is 10.1. The van der Waals surface area contributed by atoms with E-state index in [1.807, 2.05) is 30.3 Å². The quantitative estimate of drug-likeness (QED) is 0.476. The molecule has 0 saturated carbocycles. The first-order valence-corrected chi connectivity index (χ1v) is 11.8. The van der Waals surface area contributed by atoms with Gasteiger partial charge in [0.25, 0.3) is 0 Å². The van der Waals surface area contributed by atoms with E-state index < -0.39 is 10.8 Å². The van der Waals surface area contributed by atoms with Gasteiger partial charge in [-0.1, -0.05) is 23.7 Å². The van der Waals surface area contributed by atoms with E-state index in [1.165, 1.54) is 0 Å². The molecule has 2 aromatic carbocycles. The van der Waals surface area contributed by atoms with Gasteiger partial charge in [-0.3, -0.25) is 9.00 Å². The predicted octanol–water partition coefficient (Wildman–Crippen LogP) is 3.93. The Morgan fingerprint density at radius 3 is 2.53 bits per heavy atom. The fraction of sp³-hybridized carbons (Fsp3) is 0.304. The Bertz CT molecular complexity index is 1100. The van der Waals surface area contributed by atoms with Crippen molar-refractivity contribution in [3.05, 3.63) is 64.5 Å². The number of nitrogens with zero attached hydrogens (tertiary/aromatic N) is 1. The van der Waals surface area contributed by atoms with Gasteiger partial charge in [0, 0.05) is 27.9 Å². The molecule has 1 N–H and O–H groups in total. The molecule has 0 spiro atoms. The highest BCUT2D eigenvalue weighted by Gasteiger charge is 2.17. The lowest BCUT2D eigenvalue weighted by Gasteiger charge is -2.07. The number of aryl methyl sites for hydroxylation is 1. The summed E-state index contributed by atoms with van der Waals surface area (Å²) < 4.78 is 28.8. The van der Waals surface area contributed by atoms with Crippen molar-refractivity contribution in [2.24, 2.45) is 0 Å². The van der Waals surface area contributed by atoms with Gasteiger partial charge >= 0.3 is 0 Å². The van der Waals surface area contributed by atoms with E-state index in [4.69, 9.17) is 25.5 Å². The van der Waals surface area contributed by atoms with Crippen molar-refractivity contribution in [2.45, 2.75) is 19.1 Å². The molecule has 3 aromatic rings. The van der Waals surface area contributed by atoms with Crippen LogP contribution in [0.1, 0.15) is 17.0 Å². The van der Waals surface area contributed by atoms with Crippen molar-refractivity contribution in [2.75, 3.05) is 26.5 Å². The summed E-state index contributed by atoms with van der Waals surface area (Å²) in [6.45, 7) is 2.22. The summed E-state index contributed by atoms with van der Waals surface area (Å²) >= 11 is 5.87. The van der Waals surface area contributed by atoms with E-state index in [0.29, 0.717) is 52.4 Å². The van der Waals surface area contributed by atoms with Crippen LogP contribution in [0.5, 0.6) is 11.5 Å². The highest BCUT2D eigenvalue weighted by atomic mass is 35.5. The van der Waals surface area contributed by atoms with Gasteiger partial charge in [0.05, 0.1) is 25.7 Å². The maximum Gasteiger partial charge on any atom is 0.232 e. The average molecular weight is 477 g/mol. The number of halogens is 1. The molecule has 0 aliphatic rings. The lowest BCUT2D eigenvalue weighted by molar-refractivity contribution is -0.118. The van der Waals surface area contributed by atoms with Crippen LogP contribution in [0.2, 0.25) is 5.02 Å². The Morgan fingerprint density at radius 1 is 1.12 bits per heavy atom. The fourth-order valence-corrected chi connectivity index (χ4v) is 4.25. The molecule has 0 aliphatic heterocycles. The van der Waals surface area contributed by atoms with E-state index in [0.717, 1.165) is 5.56 Å². The minimum Gasteiger partial charge on any atom is -0.493 e. The molecule has 170 valence electrons. The highest BCUT2D eigenvalue weighted by Crippen LogP contribution is 2.32. The Labute approximate surface area is 194 Å². The second-order valence-corrected chi connectivity index (χ2v) is 8.94. The van der Waals surface area contributed by atoms with Crippen LogP contribution in [-0.4, -0.2) is 41.6 Å². The van der Waals surface area contributed by atoms with E-state index in [-0.39, 0.29) is 17.4 Å². The van der Waals surface area contributed by atoms with Crippen molar-refractivity contribution in [1.82, 2.24) is 10.3 Å². The molecule has 32 heavy (non-hydrogen) atoms. The van der Waals surface area contributed by atoms with Gasteiger partial charge in [-0.2, -0.15) is 0 Å². The van der Waals surface area contributed by atoms with Crippen LogP contribution in [0.25, 0.3) is 11.5 Å². The molecule has 0 bridgehead atoms. The molecule has 1 amide bonds. The van der Waals surface area contributed by atoms with Crippen molar-refractivity contribution in [3.8, 4) is 23.0 Å².